The van der Waals surface area contributed by atoms with E-state index in [2.05, 4.69) is 0 Å². The smallest absolute Gasteiger partial charge is 0.199 e. The first-order valence-electron chi connectivity index (χ1n) is 5.70. The summed E-state index contributed by atoms with van der Waals surface area (Å²) in [5, 5.41) is 9.67. The summed E-state index contributed by atoms with van der Waals surface area (Å²) in [7, 11) is 0. The Labute approximate surface area is 98.2 Å². The van der Waals surface area contributed by atoms with Gasteiger partial charge in [-0.15, -0.1) is 0 Å². The van der Waals surface area contributed by atoms with E-state index in [1.165, 1.54) is 6.07 Å². The molecular formula is C13H12O4. The zero-order valence-electron chi connectivity index (χ0n) is 9.40. The third kappa shape index (κ3) is 1.16. The Kier molecular flexibility index (Phi) is 1.95. The van der Waals surface area contributed by atoms with Crippen LogP contribution in [-0.2, 0) is 4.74 Å². The first-order chi connectivity index (χ1) is 8.12. The Bertz CT molecular complexity index is 534. The van der Waals surface area contributed by atoms with E-state index in [0.717, 1.165) is 6.42 Å². The fraction of sp³-hybridized carbons (Fsp3) is 0.385. The molecule has 0 spiro atoms. The highest BCUT2D eigenvalue weighted by Gasteiger charge is 2.68. The fourth-order valence-corrected chi connectivity index (χ4v) is 2.64. The number of benzene rings is 1. The number of ketones is 2. The Morgan fingerprint density at radius 2 is 2.18 bits per heavy atom. The van der Waals surface area contributed by atoms with Crippen molar-refractivity contribution >= 4 is 11.6 Å². The van der Waals surface area contributed by atoms with E-state index in [4.69, 9.17) is 4.74 Å². The highest BCUT2D eigenvalue weighted by atomic mass is 16.6. The predicted octanol–water partition coefficient (Wildman–Crippen LogP) is 1.71. The lowest BCUT2D eigenvalue weighted by atomic mass is 9.79. The molecule has 1 aliphatic heterocycles. The van der Waals surface area contributed by atoms with Gasteiger partial charge in [-0.05, 0) is 12.5 Å². The molecule has 2 atom stereocenters. The van der Waals surface area contributed by atoms with Crippen molar-refractivity contribution in [2.24, 2.45) is 0 Å². The number of ether oxygens (including phenoxy) is 1. The van der Waals surface area contributed by atoms with Gasteiger partial charge in [-0.2, -0.15) is 0 Å². The molecule has 1 fully saturated rings. The van der Waals surface area contributed by atoms with Gasteiger partial charge in [-0.25, -0.2) is 0 Å². The van der Waals surface area contributed by atoms with Gasteiger partial charge in [0, 0.05) is 5.56 Å². The standard InChI is InChI=1S/C13H12O4/c1-2-6-13-11(16)7-4-3-5-8(14)9(7)10(15)12(13)17-13/h3-5,12,14H,2,6H2,1H3. The molecule has 1 saturated heterocycles. The van der Waals surface area contributed by atoms with Gasteiger partial charge in [0.05, 0.1) is 5.56 Å². The molecule has 1 aliphatic carbocycles. The van der Waals surface area contributed by atoms with Gasteiger partial charge < -0.3 is 9.84 Å². The summed E-state index contributed by atoms with van der Waals surface area (Å²) in [6.07, 6.45) is 0.650. The highest BCUT2D eigenvalue weighted by Crippen LogP contribution is 2.50. The molecule has 17 heavy (non-hydrogen) atoms. The van der Waals surface area contributed by atoms with Gasteiger partial charge >= 0.3 is 0 Å². The summed E-state index contributed by atoms with van der Waals surface area (Å²) in [6.45, 7) is 1.95. The molecule has 0 aromatic heterocycles. The van der Waals surface area contributed by atoms with Crippen molar-refractivity contribution in [3.8, 4) is 5.75 Å². The third-order valence-corrected chi connectivity index (χ3v) is 3.47. The molecule has 2 unspecified atom stereocenters. The molecule has 1 heterocycles. The topological polar surface area (TPSA) is 66.9 Å². The lowest BCUT2D eigenvalue weighted by Crippen LogP contribution is -2.36. The van der Waals surface area contributed by atoms with Gasteiger partial charge in [0.25, 0.3) is 0 Å². The number of epoxide rings is 1. The van der Waals surface area contributed by atoms with E-state index in [-0.39, 0.29) is 28.4 Å². The van der Waals surface area contributed by atoms with Gasteiger partial charge in [0.2, 0.25) is 0 Å². The Hall–Kier alpha value is -1.68. The van der Waals surface area contributed by atoms with Crippen molar-refractivity contribution in [1.29, 1.82) is 0 Å². The number of fused-ring (bicyclic) bond motifs is 2. The summed E-state index contributed by atoms with van der Waals surface area (Å²) in [5.41, 5.74) is -0.531. The second kappa shape index (κ2) is 3.17. The zero-order chi connectivity index (χ0) is 12.2. The fourth-order valence-electron chi connectivity index (χ4n) is 2.64. The second-order valence-corrected chi connectivity index (χ2v) is 4.53. The number of aromatic hydroxyl groups is 1. The number of rotatable bonds is 2. The minimum atomic E-state index is -0.938. The number of phenols is 1. The highest BCUT2D eigenvalue weighted by molar-refractivity contribution is 6.23. The first kappa shape index (κ1) is 10.5. The van der Waals surface area contributed by atoms with Crippen molar-refractivity contribution in [3.63, 3.8) is 0 Å². The molecule has 1 N–H and O–H groups in total. The second-order valence-electron chi connectivity index (χ2n) is 4.53. The van der Waals surface area contributed by atoms with Crippen molar-refractivity contribution in [3.05, 3.63) is 29.3 Å². The van der Waals surface area contributed by atoms with Crippen LogP contribution in [0, 0.1) is 0 Å². The molecular weight excluding hydrogens is 220 g/mol. The largest absolute Gasteiger partial charge is 0.507 e. The van der Waals surface area contributed by atoms with Crippen molar-refractivity contribution < 1.29 is 19.4 Å². The van der Waals surface area contributed by atoms with E-state index in [1.54, 1.807) is 12.1 Å². The Morgan fingerprint density at radius 3 is 2.88 bits per heavy atom. The zero-order valence-corrected chi connectivity index (χ0v) is 9.40. The summed E-state index contributed by atoms with van der Waals surface area (Å²) >= 11 is 0. The Morgan fingerprint density at radius 1 is 1.41 bits per heavy atom. The minimum Gasteiger partial charge on any atom is -0.507 e. The normalized spacial score (nSPS) is 29.8. The third-order valence-electron chi connectivity index (χ3n) is 3.47. The molecule has 1 aromatic carbocycles. The lowest BCUT2D eigenvalue weighted by molar-refractivity contribution is 0.0850. The van der Waals surface area contributed by atoms with Crippen LogP contribution in [0.5, 0.6) is 5.75 Å². The van der Waals surface area contributed by atoms with E-state index >= 15 is 0 Å². The van der Waals surface area contributed by atoms with Crippen LogP contribution >= 0.6 is 0 Å². The van der Waals surface area contributed by atoms with Crippen LogP contribution in [0.4, 0.5) is 0 Å². The molecule has 4 nitrogen and oxygen atoms in total. The summed E-state index contributed by atoms with van der Waals surface area (Å²) < 4.78 is 5.36. The SMILES string of the molecule is CCCC12OC1C(=O)c1c(O)cccc1C2=O. The number of phenolic OH excluding ortho intramolecular Hbond substituents is 1. The number of carbonyl (C=O) groups excluding carboxylic acids is 2. The monoisotopic (exact) mass is 232 g/mol. The molecule has 2 aliphatic rings. The van der Waals surface area contributed by atoms with Crippen molar-refractivity contribution in [2.45, 2.75) is 31.5 Å². The van der Waals surface area contributed by atoms with Crippen molar-refractivity contribution in [2.75, 3.05) is 0 Å². The summed E-state index contributed by atoms with van der Waals surface area (Å²) in [4.78, 5) is 24.3. The molecule has 88 valence electrons. The van der Waals surface area contributed by atoms with Gasteiger partial charge in [-0.3, -0.25) is 9.59 Å². The Balaban J connectivity index is 2.16. The predicted molar refractivity (Wildman–Crippen MR) is 59.3 cm³/mol. The van der Waals surface area contributed by atoms with Crippen LogP contribution in [0.1, 0.15) is 40.5 Å². The maximum Gasteiger partial charge on any atom is 0.199 e. The quantitative estimate of drug-likeness (QED) is 0.788. The number of hydrogen-bond acceptors (Lipinski definition) is 4. The number of carbonyl (C=O) groups is 2. The average Bonchev–Trinajstić information content (AvgIpc) is 3.03. The molecule has 3 rings (SSSR count). The van der Waals surface area contributed by atoms with Gasteiger partial charge in [0.1, 0.15) is 5.75 Å². The van der Waals surface area contributed by atoms with Crippen LogP contribution < -0.4 is 0 Å². The minimum absolute atomic E-state index is 0.117. The van der Waals surface area contributed by atoms with Crippen molar-refractivity contribution in [1.82, 2.24) is 0 Å². The summed E-state index contributed by atoms with van der Waals surface area (Å²) in [5.74, 6) is -0.581. The van der Waals surface area contributed by atoms with Crippen LogP contribution in [-0.4, -0.2) is 28.4 Å². The molecule has 4 heteroatoms. The summed E-state index contributed by atoms with van der Waals surface area (Å²) in [6, 6.07) is 4.56. The van der Waals surface area contributed by atoms with E-state index in [0.29, 0.717) is 6.42 Å². The lowest BCUT2D eigenvalue weighted by Gasteiger charge is -2.18. The number of Topliss-reactive ketones (excluding diaryl/α,β-unsaturated/α-hetero) is 2. The van der Waals surface area contributed by atoms with E-state index in [9.17, 15) is 14.7 Å². The van der Waals surface area contributed by atoms with Crippen LogP contribution in [0.15, 0.2) is 18.2 Å². The number of hydrogen-bond donors (Lipinski definition) is 1. The van der Waals surface area contributed by atoms with Gasteiger partial charge in [0.15, 0.2) is 23.3 Å². The average molecular weight is 232 g/mol. The molecule has 0 bridgehead atoms. The molecule has 1 aromatic rings. The van der Waals surface area contributed by atoms with E-state index in [1.807, 2.05) is 6.92 Å². The maximum atomic E-state index is 12.3. The maximum absolute atomic E-state index is 12.3. The molecule has 0 saturated carbocycles. The first-order valence-corrected chi connectivity index (χ1v) is 5.70. The molecule has 0 amide bonds. The van der Waals surface area contributed by atoms with Crippen LogP contribution in [0.25, 0.3) is 0 Å². The van der Waals surface area contributed by atoms with Crippen LogP contribution in [0.2, 0.25) is 0 Å². The molecule has 0 radical (unpaired) electrons. The van der Waals surface area contributed by atoms with E-state index < -0.39 is 11.7 Å². The van der Waals surface area contributed by atoms with Crippen LogP contribution in [0.3, 0.4) is 0 Å². The van der Waals surface area contributed by atoms with Gasteiger partial charge in [-0.1, -0.05) is 25.5 Å².